The van der Waals surface area contributed by atoms with E-state index >= 15 is 0 Å². The number of thioether (sulfide) groups is 1. The number of nitrogens with one attached hydrogen (secondary N) is 1. The van der Waals surface area contributed by atoms with Gasteiger partial charge < -0.3 is 14.8 Å². The molecule has 2 rings (SSSR count). The monoisotopic (exact) mass is 337 g/mol. The topological polar surface area (TPSA) is 64.6 Å². The van der Waals surface area contributed by atoms with Gasteiger partial charge in [-0.15, -0.1) is 11.8 Å². The number of methoxy groups -OCH3 is 1. The van der Waals surface area contributed by atoms with E-state index in [9.17, 15) is 9.59 Å². The van der Waals surface area contributed by atoms with Crippen LogP contribution in [0.2, 0.25) is 0 Å². The number of hydrogen-bond donors (Lipinski definition) is 1. The van der Waals surface area contributed by atoms with Gasteiger partial charge in [-0.05, 0) is 44.0 Å². The van der Waals surface area contributed by atoms with E-state index < -0.39 is 6.10 Å². The van der Waals surface area contributed by atoms with Crippen LogP contribution in [0.1, 0.15) is 32.6 Å². The van der Waals surface area contributed by atoms with Gasteiger partial charge in [0.05, 0.1) is 12.9 Å². The normalized spacial score (nSPS) is 15.9. The van der Waals surface area contributed by atoms with Crippen LogP contribution in [-0.2, 0) is 14.3 Å². The second-order valence-corrected chi connectivity index (χ2v) is 6.64. The zero-order chi connectivity index (χ0) is 16.7. The Morgan fingerprint density at radius 2 is 1.91 bits per heavy atom. The fraction of sp³-hybridized carbons (Fsp3) is 0.529. The molecular weight excluding hydrogens is 314 g/mol. The van der Waals surface area contributed by atoms with Crippen LogP contribution < -0.4 is 10.1 Å². The molecule has 0 spiro atoms. The standard InChI is InChI=1S/C17H23NO4S/c1-12(17(20)18-13-5-3-4-6-13)22-16(19)11-23-15-9-7-14(21-2)8-10-15/h7-10,12-13H,3-6,11H2,1-2H3,(H,18,20)/t12-/m1/s1. The molecule has 1 aliphatic carbocycles. The van der Waals surface area contributed by atoms with E-state index in [0.29, 0.717) is 0 Å². The maximum atomic E-state index is 12.0. The van der Waals surface area contributed by atoms with E-state index in [1.54, 1.807) is 14.0 Å². The summed E-state index contributed by atoms with van der Waals surface area (Å²) in [7, 11) is 1.61. The molecule has 0 aromatic heterocycles. The number of ether oxygens (including phenoxy) is 2. The van der Waals surface area contributed by atoms with Crippen molar-refractivity contribution in [1.29, 1.82) is 0 Å². The minimum atomic E-state index is -0.750. The van der Waals surface area contributed by atoms with E-state index in [2.05, 4.69) is 5.32 Å². The Morgan fingerprint density at radius 1 is 1.26 bits per heavy atom. The first kappa shape index (κ1) is 17.7. The molecule has 0 saturated heterocycles. The third-order valence-corrected chi connectivity index (χ3v) is 4.78. The highest BCUT2D eigenvalue weighted by molar-refractivity contribution is 8.00. The maximum Gasteiger partial charge on any atom is 0.317 e. The van der Waals surface area contributed by atoms with Crippen molar-refractivity contribution in [2.75, 3.05) is 12.9 Å². The summed E-state index contributed by atoms with van der Waals surface area (Å²) in [6.07, 6.45) is 3.58. The molecule has 1 aromatic carbocycles. The molecule has 0 unspecified atom stereocenters. The van der Waals surface area contributed by atoms with Crippen molar-refractivity contribution in [2.45, 2.75) is 49.6 Å². The Balaban J connectivity index is 1.71. The minimum Gasteiger partial charge on any atom is -0.497 e. The average molecular weight is 337 g/mol. The number of amides is 1. The summed E-state index contributed by atoms with van der Waals surface area (Å²) in [6.45, 7) is 1.61. The quantitative estimate of drug-likeness (QED) is 0.612. The summed E-state index contributed by atoms with van der Waals surface area (Å²) in [5.41, 5.74) is 0. The van der Waals surface area contributed by atoms with E-state index in [1.807, 2.05) is 24.3 Å². The predicted octanol–water partition coefficient (Wildman–Crippen LogP) is 2.78. The third kappa shape index (κ3) is 5.78. The first-order valence-electron chi connectivity index (χ1n) is 7.85. The molecule has 1 N–H and O–H groups in total. The van der Waals surface area contributed by atoms with Crippen LogP contribution in [0.4, 0.5) is 0 Å². The number of carbonyl (C=O) groups is 2. The molecule has 23 heavy (non-hydrogen) atoms. The first-order chi connectivity index (χ1) is 11.1. The molecule has 1 aliphatic rings. The van der Waals surface area contributed by atoms with Crippen molar-refractivity contribution in [1.82, 2.24) is 5.32 Å². The highest BCUT2D eigenvalue weighted by Crippen LogP contribution is 2.21. The van der Waals surface area contributed by atoms with Crippen molar-refractivity contribution < 1.29 is 19.1 Å². The van der Waals surface area contributed by atoms with Crippen LogP contribution in [0.5, 0.6) is 5.75 Å². The van der Waals surface area contributed by atoms with Crippen LogP contribution in [0.25, 0.3) is 0 Å². The molecule has 126 valence electrons. The van der Waals surface area contributed by atoms with Crippen LogP contribution in [-0.4, -0.2) is 36.9 Å². The Kier molecular flexibility index (Phi) is 6.77. The largest absolute Gasteiger partial charge is 0.497 e. The van der Waals surface area contributed by atoms with Gasteiger partial charge in [0.1, 0.15) is 5.75 Å². The zero-order valence-corrected chi connectivity index (χ0v) is 14.4. The molecule has 1 amide bonds. The van der Waals surface area contributed by atoms with Crippen LogP contribution in [0, 0.1) is 0 Å². The van der Waals surface area contributed by atoms with E-state index in [1.165, 1.54) is 11.8 Å². The molecule has 0 radical (unpaired) electrons. The molecule has 0 bridgehead atoms. The van der Waals surface area contributed by atoms with Crippen LogP contribution in [0.3, 0.4) is 0 Å². The lowest BCUT2D eigenvalue weighted by Gasteiger charge is -2.17. The lowest BCUT2D eigenvalue weighted by Crippen LogP contribution is -2.41. The number of esters is 1. The molecule has 1 aromatic rings. The molecule has 5 nitrogen and oxygen atoms in total. The van der Waals surface area contributed by atoms with Gasteiger partial charge >= 0.3 is 5.97 Å². The van der Waals surface area contributed by atoms with Gasteiger partial charge in [0.25, 0.3) is 5.91 Å². The van der Waals surface area contributed by atoms with Gasteiger partial charge in [-0.25, -0.2) is 0 Å². The number of carbonyl (C=O) groups excluding carboxylic acids is 2. The Labute approximate surface area is 141 Å². The van der Waals surface area contributed by atoms with Gasteiger partial charge in [0, 0.05) is 10.9 Å². The average Bonchev–Trinajstić information content (AvgIpc) is 3.06. The molecule has 1 atom stereocenters. The van der Waals surface area contributed by atoms with E-state index in [4.69, 9.17) is 9.47 Å². The smallest absolute Gasteiger partial charge is 0.317 e. The fourth-order valence-electron chi connectivity index (χ4n) is 2.49. The molecule has 0 aliphatic heterocycles. The Morgan fingerprint density at radius 3 is 2.52 bits per heavy atom. The van der Waals surface area contributed by atoms with Gasteiger partial charge in [-0.3, -0.25) is 9.59 Å². The predicted molar refractivity (Wildman–Crippen MR) is 89.7 cm³/mol. The van der Waals surface area contributed by atoms with E-state index in [0.717, 1.165) is 36.3 Å². The molecule has 6 heteroatoms. The van der Waals surface area contributed by atoms with Gasteiger partial charge in [0.15, 0.2) is 6.10 Å². The van der Waals surface area contributed by atoms with Gasteiger partial charge in [-0.2, -0.15) is 0 Å². The third-order valence-electron chi connectivity index (χ3n) is 3.80. The van der Waals surface area contributed by atoms with E-state index in [-0.39, 0.29) is 23.7 Å². The zero-order valence-electron chi connectivity index (χ0n) is 13.5. The molecule has 1 fully saturated rings. The summed E-state index contributed by atoms with van der Waals surface area (Å²) >= 11 is 1.37. The van der Waals surface area contributed by atoms with Crippen LogP contribution in [0.15, 0.2) is 29.2 Å². The van der Waals surface area contributed by atoms with Crippen molar-refractivity contribution in [3.8, 4) is 5.75 Å². The molecule has 0 heterocycles. The van der Waals surface area contributed by atoms with Crippen molar-refractivity contribution in [2.24, 2.45) is 0 Å². The first-order valence-corrected chi connectivity index (χ1v) is 8.83. The number of benzene rings is 1. The second-order valence-electron chi connectivity index (χ2n) is 5.59. The molecule has 1 saturated carbocycles. The van der Waals surface area contributed by atoms with Crippen LogP contribution >= 0.6 is 11.8 Å². The molecular formula is C17H23NO4S. The van der Waals surface area contributed by atoms with Crippen molar-refractivity contribution in [3.05, 3.63) is 24.3 Å². The Bertz CT molecular complexity index is 526. The SMILES string of the molecule is COc1ccc(SCC(=O)O[C@H](C)C(=O)NC2CCCC2)cc1. The van der Waals surface area contributed by atoms with Crippen molar-refractivity contribution >= 4 is 23.6 Å². The summed E-state index contributed by atoms with van der Waals surface area (Å²) < 4.78 is 10.3. The lowest BCUT2D eigenvalue weighted by molar-refractivity contribution is -0.152. The summed E-state index contributed by atoms with van der Waals surface area (Å²) in [5.74, 6) is 0.349. The maximum absolute atomic E-state index is 12.0. The summed E-state index contributed by atoms with van der Waals surface area (Å²) in [5, 5.41) is 2.93. The van der Waals surface area contributed by atoms with Crippen molar-refractivity contribution in [3.63, 3.8) is 0 Å². The number of hydrogen-bond acceptors (Lipinski definition) is 5. The summed E-state index contributed by atoms with van der Waals surface area (Å²) in [6, 6.07) is 7.67. The van der Waals surface area contributed by atoms with Gasteiger partial charge in [0.2, 0.25) is 0 Å². The highest BCUT2D eigenvalue weighted by atomic mass is 32.2. The Hall–Kier alpha value is -1.69. The minimum absolute atomic E-state index is 0.174. The summed E-state index contributed by atoms with van der Waals surface area (Å²) in [4.78, 5) is 24.8. The highest BCUT2D eigenvalue weighted by Gasteiger charge is 2.22. The second kappa shape index (κ2) is 8.82. The van der Waals surface area contributed by atoms with Gasteiger partial charge in [-0.1, -0.05) is 12.8 Å². The number of rotatable bonds is 7. The fourth-order valence-corrected chi connectivity index (χ4v) is 3.17. The lowest BCUT2D eigenvalue weighted by atomic mass is 10.2.